The van der Waals surface area contributed by atoms with Crippen molar-refractivity contribution in [1.29, 1.82) is 0 Å². The van der Waals surface area contributed by atoms with Crippen LogP contribution in [0.15, 0.2) is 22.9 Å². The zero-order chi connectivity index (χ0) is 8.10. The zero-order valence-electron chi connectivity index (χ0n) is 6.51. The molecule has 1 aromatic rings. The van der Waals surface area contributed by atoms with Gasteiger partial charge in [-0.1, -0.05) is 6.08 Å². The Morgan fingerprint density at radius 3 is 3.09 bits per heavy atom. The predicted molar refractivity (Wildman–Crippen MR) is 53.3 cm³/mol. The molecule has 60 valence electrons. The molecule has 0 aliphatic heterocycles. The lowest BCUT2D eigenvalue weighted by molar-refractivity contribution is 1.23. The van der Waals surface area contributed by atoms with Gasteiger partial charge in [0, 0.05) is 5.88 Å². The molecule has 11 heavy (non-hydrogen) atoms. The summed E-state index contributed by atoms with van der Waals surface area (Å²) < 4.78 is 0. The van der Waals surface area contributed by atoms with Gasteiger partial charge < -0.3 is 0 Å². The van der Waals surface area contributed by atoms with E-state index in [0.717, 1.165) is 6.42 Å². The lowest BCUT2D eigenvalue weighted by Gasteiger charge is -1.94. The summed E-state index contributed by atoms with van der Waals surface area (Å²) in [7, 11) is 0. The summed E-state index contributed by atoms with van der Waals surface area (Å²) in [4.78, 5) is 0. The van der Waals surface area contributed by atoms with Crippen molar-refractivity contribution in [3.8, 4) is 0 Å². The minimum atomic E-state index is 0.710. The van der Waals surface area contributed by atoms with Gasteiger partial charge in [-0.25, -0.2) is 0 Å². The Labute approximate surface area is 76.5 Å². The summed E-state index contributed by atoms with van der Waals surface area (Å²) in [5.74, 6) is 0.710. The van der Waals surface area contributed by atoms with Crippen LogP contribution in [-0.4, -0.2) is 5.88 Å². The van der Waals surface area contributed by atoms with Crippen LogP contribution in [0.2, 0.25) is 0 Å². The minimum Gasteiger partial charge on any atom is -0.152 e. The van der Waals surface area contributed by atoms with Crippen molar-refractivity contribution < 1.29 is 0 Å². The SMILES string of the molecule is CC(=CCCCl)c1ccsc1. The van der Waals surface area contributed by atoms with E-state index in [1.807, 2.05) is 0 Å². The number of hydrogen-bond acceptors (Lipinski definition) is 1. The average Bonchev–Trinajstić information content (AvgIpc) is 2.52. The highest BCUT2D eigenvalue weighted by molar-refractivity contribution is 7.08. The van der Waals surface area contributed by atoms with Gasteiger partial charge in [0.2, 0.25) is 0 Å². The van der Waals surface area contributed by atoms with Crippen LogP contribution in [-0.2, 0) is 0 Å². The summed E-state index contributed by atoms with van der Waals surface area (Å²) in [6.07, 6.45) is 3.14. The number of alkyl halides is 1. The highest BCUT2D eigenvalue weighted by Crippen LogP contribution is 2.17. The van der Waals surface area contributed by atoms with Crippen LogP contribution < -0.4 is 0 Å². The first-order valence-corrected chi connectivity index (χ1v) is 5.07. The maximum absolute atomic E-state index is 5.57. The summed E-state index contributed by atoms with van der Waals surface area (Å²) in [6, 6.07) is 2.13. The lowest BCUT2D eigenvalue weighted by Crippen LogP contribution is -1.74. The fraction of sp³-hybridized carbons (Fsp3) is 0.333. The van der Waals surface area contributed by atoms with Crippen LogP contribution in [0.3, 0.4) is 0 Å². The van der Waals surface area contributed by atoms with E-state index in [-0.39, 0.29) is 0 Å². The molecular weight excluding hydrogens is 176 g/mol. The van der Waals surface area contributed by atoms with Crippen molar-refractivity contribution in [3.05, 3.63) is 28.5 Å². The molecule has 0 radical (unpaired) electrons. The molecule has 0 atom stereocenters. The largest absolute Gasteiger partial charge is 0.152 e. The molecule has 0 saturated carbocycles. The Morgan fingerprint density at radius 1 is 1.73 bits per heavy atom. The molecule has 2 heteroatoms. The van der Waals surface area contributed by atoms with Crippen LogP contribution >= 0.6 is 22.9 Å². The van der Waals surface area contributed by atoms with Crippen molar-refractivity contribution in [2.24, 2.45) is 0 Å². The first kappa shape index (κ1) is 8.82. The number of thiophene rings is 1. The van der Waals surface area contributed by atoms with E-state index in [4.69, 9.17) is 11.6 Å². The lowest BCUT2D eigenvalue weighted by atomic mass is 10.1. The van der Waals surface area contributed by atoms with Crippen molar-refractivity contribution in [1.82, 2.24) is 0 Å². The number of rotatable bonds is 3. The topological polar surface area (TPSA) is 0 Å². The molecule has 0 aromatic carbocycles. The molecule has 0 spiro atoms. The normalized spacial score (nSPS) is 12.0. The van der Waals surface area contributed by atoms with Crippen molar-refractivity contribution in [3.63, 3.8) is 0 Å². The molecule has 0 aliphatic carbocycles. The second kappa shape index (κ2) is 4.58. The van der Waals surface area contributed by atoms with Crippen molar-refractivity contribution in [2.45, 2.75) is 13.3 Å². The van der Waals surface area contributed by atoms with Crippen LogP contribution in [0.4, 0.5) is 0 Å². The number of halogens is 1. The maximum atomic E-state index is 5.57. The number of hydrogen-bond donors (Lipinski definition) is 0. The summed E-state index contributed by atoms with van der Waals surface area (Å²) in [6.45, 7) is 2.12. The third kappa shape index (κ3) is 2.68. The molecule has 0 unspecified atom stereocenters. The van der Waals surface area contributed by atoms with Gasteiger partial charge in [-0.2, -0.15) is 11.3 Å². The molecule has 0 fully saturated rings. The first-order valence-electron chi connectivity index (χ1n) is 3.60. The fourth-order valence-electron chi connectivity index (χ4n) is 0.878. The van der Waals surface area contributed by atoms with Gasteiger partial charge in [-0.3, -0.25) is 0 Å². The van der Waals surface area contributed by atoms with Gasteiger partial charge in [-0.15, -0.1) is 11.6 Å². The van der Waals surface area contributed by atoms with Crippen LogP contribution in [0, 0.1) is 0 Å². The molecule has 1 aromatic heterocycles. The average molecular weight is 187 g/mol. The zero-order valence-corrected chi connectivity index (χ0v) is 8.08. The smallest absolute Gasteiger partial charge is 0.0258 e. The molecular formula is C9H11ClS. The minimum absolute atomic E-state index is 0.710. The number of allylic oxidation sites excluding steroid dienone is 2. The van der Waals surface area contributed by atoms with E-state index in [9.17, 15) is 0 Å². The van der Waals surface area contributed by atoms with E-state index in [1.165, 1.54) is 11.1 Å². The Morgan fingerprint density at radius 2 is 2.55 bits per heavy atom. The molecule has 1 heterocycles. The second-order valence-corrected chi connectivity index (χ2v) is 3.53. The van der Waals surface area contributed by atoms with Gasteiger partial charge in [0.05, 0.1) is 0 Å². The quantitative estimate of drug-likeness (QED) is 0.631. The fourth-order valence-corrected chi connectivity index (χ4v) is 1.70. The van der Waals surface area contributed by atoms with Crippen molar-refractivity contribution >= 4 is 28.5 Å². The van der Waals surface area contributed by atoms with Crippen LogP contribution in [0.5, 0.6) is 0 Å². The molecule has 0 amide bonds. The van der Waals surface area contributed by atoms with E-state index < -0.39 is 0 Å². The molecule has 0 nitrogen and oxygen atoms in total. The van der Waals surface area contributed by atoms with E-state index >= 15 is 0 Å². The predicted octanol–water partition coefficient (Wildman–Crippen LogP) is 3.78. The Bertz CT molecular complexity index is 224. The molecule has 1 rings (SSSR count). The van der Waals surface area contributed by atoms with E-state index in [0.29, 0.717) is 5.88 Å². The highest BCUT2D eigenvalue weighted by atomic mass is 35.5. The third-order valence-electron chi connectivity index (χ3n) is 1.54. The Hall–Kier alpha value is -0.270. The summed E-state index contributed by atoms with van der Waals surface area (Å²) >= 11 is 7.29. The maximum Gasteiger partial charge on any atom is 0.0258 e. The molecule has 0 aliphatic rings. The van der Waals surface area contributed by atoms with Gasteiger partial charge in [0.15, 0.2) is 0 Å². The van der Waals surface area contributed by atoms with Gasteiger partial charge in [0.25, 0.3) is 0 Å². The summed E-state index contributed by atoms with van der Waals surface area (Å²) in [5.41, 5.74) is 2.65. The van der Waals surface area contributed by atoms with Gasteiger partial charge in [0.1, 0.15) is 0 Å². The van der Waals surface area contributed by atoms with Crippen molar-refractivity contribution in [2.75, 3.05) is 5.88 Å². The van der Waals surface area contributed by atoms with Crippen LogP contribution in [0.25, 0.3) is 5.57 Å². The monoisotopic (exact) mass is 186 g/mol. The summed E-state index contributed by atoms with van der Waals surface area (Å²) in [5, 5.41) is 4.24. The molecule has 0 N–H and O–H groups in total. The van der Waals surface area contributed by atoms with E-state index in [1.54, 1.807) is 11.3 Å². The third-order valence-corrected chi connectivity index (χ3v) is 2.44. The standard InChI is InChI=1S/C9H11ClS/c1-8(3-2-5-10)9-4-6-11-7-9/h3-4,6-7H,2,5H2,1H3. The molecule has 0 bridgehead atoms. The first-order chi connectivity index (χ1) is 5.34. The molecule has 0 saturated heterocycles. The second-order valence-electron chi connectivity index (χ2n) is 2.38. The Balaban J connectivity index is 2.62. The Kier molecular flexibility index (Phi) is 3.67. The van der Waals surface area contributed by atoms with E-state index in [2.05, 4.69) is 29.8 Å². The van der Waals surface area contributed by atoms with Gasteiger partial charge >= 0.3 is 0 Å². The highest BCUT2D eigenvalue weighted by Gasteiger charge is 1.93. The van der Waals surface area contributed by atoms with Gasteiger partial charge in [-0.05, 0) is 41.3 Å². The van der Waals surface area contributed by atoms with Crippen LogP contribution in [0.1, 0.15) is 18.9 Å².